The van der Waals surface area contributed by atoms with Crippen LogP contribution in [-0.4, -0.2) is 12.6 Å². The first-order chi connectivity index (χ1) is 8.54. The number of hydrogen-bond acceptors (Lipinski definition) is 2. The Hall–Kier alpha value is -1.02. The number of para-hydroxylation sites is 1. The van der Waals surface area contributed by atoms with Crippen molar-refractivity contribution in [1.82, 2.24) is 0 Å². The molecule has 0 aliphatic rings. The predicted molar refractivity (Wildman–Crippen MR) is 78.1 cm³/mol. The van der Waals surface area contributed by atoms with Crippen LogP contribution in [0.1, 0.15) is 44.7 Å². The lowest BCUT2D eigenvalue weighted by atomic mass is 10.0. The Balaban J connectivity index is 2.73. The molecule has 0 amide bonds. The van der Waals surface area contributed by atoms with E-state index in [9.17, 15) is 0 Å². The standard InChI is InChI=1S/C16H27NO/c1-5-7-12(2)11-18-16-13(3)8-6-9-15(16)10-14(4)17/h6,8-9,12,14H,5,7,10-11,17H2,1-4H3. The lowest BCUT2D eigenvalue weighted by Crippen LogP contribution is -2.19. The van der Waals surface area contributed by atoms with E-state index in [1.54, 1.807) is 0 Å². The summed E-state index contributed by atoms with van der Waals surface area (Å²) in [5.74, 6) is 1.65. The zero-order valence-electron chi connectivity index (χ0n) is 12.2. The molecule has 0 fully saturated rings. The van der Waals surface area contributed by atoms with Gasteiger partial charge in [-0.05, 0) is 43.7 Å². The fourth-order valence-electron chi connectivity index (χ4n) is 2.23. The first kappa shape index (κ1) is 15.0. The van der Waals surface area contributed by atoms with Crippen molar-refractivity contribution in [2.75, 3.05) is 6.61 Å². The Morgan fingerprint density at radius 3 is 2.61 bits per heavy atom. The van der Waals surface area contributed by atoms with Crippen LogP contribution in [0.4, 0.5) is 0 Å². The molecule has 18 heavy (non-hydrogen) atoms. The maximum absolute atomic E-state index is 6.03. The molecule has 2 N–H and O–H groups in total. The second kappa shape index (κ2) is 7.42. The third kappa shape index (κ3) is 4.69. The Labute approximate surface area is 112 Å². The molecule has 0 bridgehead atoms. The van der Waals surface area contributed by atoms with Gasteiger partial charge in [0.05, 0.1) is 6.61 Å². The van der Waals surface area contributed by atoms with E-state index in [-0.39, 0.29) is 6.04 Å². The number of benzene rings is 1. The molecule has 1 rings (SSSR count). The number of hydrogen-bond donors (Lipinski definition) is 1. The molecule has 0 aromatic heterocycles. The van der Waals surface area contributed by atoms with Crippen molar-refractivity contribution in [2.24, 2.45) is 11.7 Å². The highest BCUT2D eigenvalue weighted by Gasteiger charge is 2.10. The molecule has 0 aliphatic heterocycles. The normalized spacial score (nSPS) is 14.3. The second-order valence-electron chi connectivity index (χ2n) is 5.45. The minimum Gasteiger partial charge on any atom is -0.493 e. The molecule has 102 valence electrons. The molecule has 0 saturated carbocycles. The number of aryl methyl sites for hydroxylation is 1. The molecule has 1 aromatic rings. The van der Waals surface area contributed by atoms with Gasteiger partial charge in [0.1, 0.15) is 5.75 Å². The van der Waals surface area contributed by atoms with Gasteiger partial charge in [-0.15, -0.1) is 0 Å². The summed E-state index contributed by atoms with van der Waals surface area (Å²) in [6.45, 7) is 9.39. The molecular formula is C16H27NO. The fourth-order valence-corrected chi connectivity index (χ4v) is 2.23. The lowest BCUT2D eigenvalue weighted by molar-refractivity contribution is 0.247. The highest BCUT2D eigenvalue weighted by Crippen LogP contribution is 2.25. The van der Waals surface area contributed by atoms with Gasteiger partial charge in [0.25, 0.3) is 0 Å². The molecular weight excluding hydrogens is 222 g/mol. The third-order valence-corrected chi connectivity index (χ3v) is 3.13. The summed E-state index contributed by atoms with van der Waals surface area (Å²) in [7, 11) is 0. The van der Waals surface area contributed by atoms with Crippen LogP contribution in [0.3, 0.4) is 0 Å². The maximum Gasteiger partial charge on any atom is 0.125 e. The van der Waals surface area contributed by atoms with E-state index >= 15 is 0 Å². The van der Waals surface area contributed by atoms with Gasteiger partial charge < -0.3 is 10.5 Å². The van der Waals surface area contributed by atoms with Gasteiger partial charge in [0.2, 0.25) is 0 Å². The summed E-state index contributed by atoms with van der Waals surface area (Å²) in [5.41, 5.74) is 8.33. The van der Waals surface area contributed by atoms with Crippen LogP contribution in [0.5, 0.6) is 5.75 Å². The fraction of sp³-hybridized carbons (Fsp3) is 0.625. The van der Waals surface area contributed by atoms with Crippen molar-refractivity contribution in [2.45, 2.75) is 53.0 Å². The highest BCUT2D eigenvalue weighted by molar-refractivity contribution is 5.41. The van der Waals surface area contributed by atoms with Gasteiger partial charge >= 0.3 is 0 Å². The van der Waals surface area contributed by atoms with E-state index in [0.717, 1.165) is 18.8 Å². The zero-order valence-corrected chi connectivity index (χ0v) is 12.2. The highest BCUT2D eigenvalue weighted by atomic mass is 16.5. The van der Waals surface area contributed by atoms with Crippen LogP contribution >= 0.6 is 0 Å². The van der Waals surface area contributed by atoms with Gasteiger partial charge in [-0.25, -0.2) is 0 Å². The Bertz CT molecular complexity index is 360. The number of rotatable bonds is 7. The average Bonchev–Trinajstić information content (AvgIpc) is 2.28. The van der Waals surface area contributed by atoms with Crippen LogP contribution in [0, 0.1) is 12.8 Å². The smallest absolute Gasteiger partial charge is 0.125 e. The largest absolute Gasteiger partial charge is 0.493 e. The Morgan fingerprint density at radius 2 is 2.00 bits per heavy atom. The molecule has 0 heterocycles. The molecule has 0 radical (unpaired) electrons. The molecule has 2 nitrogen and oxygen atoms in total. The zero-order chi connectivity index (χ0) is 13.5. The summed E-state index contributed by atoms with van der Waals surface area (Å²) < 4.78 is 6.03. The van der Waals surface area contributed by atoms with Gasteiger partial charge in [0, 0.05) is 6.04 Å². The second-order valence-corrected chi connectivity index (χ2v) is 5.45. The first-order valence-corrected chi connectivity index (χ1v) is 7.01. The van der Waals surface area contributed by atoms with E-state index in [1.807, 2.05) is 6.92 Å². The lowest BCUT2D eigenvalue weighted by Gasteiger charge is -2.18. The molecule has 2 atom stereocenters. The Kier molecular flexibility index (Phi) is 6.20. The van der Waals surface area contributed by atoms with Gasteiger partial charge in [0.15, 0.2) is 0 Å². The molecule has 0 aliphatic carbocycles. The number of nitrogens with two attached hydrogens (primary N) is 1. The Morgan fingerprint density at radius 1 is 1.28 bits per heavy atom. The average molecular weight is 249 g/mol. The number of ether oxygens (including phenoxy) is 1. The van der Waals surface area contributed by atoms with Crippen LogP contribution in [-0.2, 0) is 6.42 Å². The monoisotopic (exact) mass is 249 g/mol. The van der Waals surface area contributed by atoms with E-state index in [1.165, 1.54) is 24.0 Å². The van der Waals surface area contributed by atoms with Crippen LogP contribution in [0.2, 0.25) is 0 Å². The minimum absolute atomic E-state index is 0.169. The minimum atomic E-state index is 0.169. The SMILES string of the molecule is CCCC(C)COc1c(C)cccc1CC(C)N. The van der Waals surface area contributed by atoms with Gasteiger partial charge in [-0.3, -0.25) is 0 Å². The van der Waals surface area contributed by atoms with Crippen LogP contribution in [0.15, 0.2) is 18.2 Å². The van der Waals surface area contributed by atoms with Gasteiger partial charge in [-0.2, -0.15) is 0 Å². The third-order valence-electron chi connectivity index (χ3n) is 3.13. The van der Waals surface area contributed by atoms with Crippen molar-refractivity contribution in [3.8, 4) is 5.75 Å². The van der Waals surface area contributed by atoms with Crippen molar-refractivity contribution < 1.29 is 4.74 Å². The summed E-state index contributed by atoms with van der Waals surface area (Å²) in [6, 6.07) is 6.47. The maximum atomic E-state index is 6.03. The van der Waals surface area contributed by atoms with E-state index in [0.29, 0.717) is 5.92 Å². The summed E-state index contributed by atoms with van der Waals surface area (Å²) in [5, 5.41) is 0. The molecule has 0 spiro atoms. The molecule has 0 saturated heterocycles. The molecule has 2 heteroatoms. The summed E-state index contributed by atoms with van der Waals surface area (Å²) in [4.78, 5) is 0. The quantitative estimate of drug-likeness (QED) is 0.799. The first-order valence-electron chi connectivity index (χ1n) is 7.01. The van der Waals surface area contributed by atoms with E-state index in [2.05, 4.69) is 39.0 Å². The summed E-state index contributed by atoms with van der Waals surface area (Å²) >= 11 is 0. The van der Waals surface area contributed by atoms with Gasteiger partial charge in [-0.1, -0.05) is 38.5 Å². The van der Waals surface area contributed by atoms with Crippen LogP contribution < -0.4 is 10.5 Å². The molecule has 1 aromatic carbocycles. The van der Waals surface area contributed by atoms with Crippen LogP contribution in [0.25, 0.3) is 0 Å². The summed E-state index contributed by atoms with van der Waals surface area (Å²) in [6.07, 6.45) is 3.30. The van der Waals surface area contributed by atoms with E-state index in [4.69, 9.17) is 10.5 Å². The van der Waals surface area contributed by atoms with E-state index < -0.39 is 0 Å². The molecule has 2 unspecified atom stereocenters. The predicted octanol–water partition coefficient (Wildman–Crippen LogP) is 3.70. The van der Waals surface area contributed by atoms with Crippen molar-refractivity contribution in [3.63, 3.8) is 0 Å². The van der Waals surface area contributed by atoms with Crippen molar-refractivity contribution >= 4 is 0 Å². The van der Waals surface area contributed by atoms with Crippen molar-refractivity contribution in [1.29, 1.82) is 0 Å². The topological polar surface area (TPSA) is 35.2 Å². The van der Waals surface area contributed by atoms with Crippen molar-refractivity contribution in [3.05, 3.63) is 29.3 Å².